The summed E-state index contributed by atoms with van der Waals surface area (Å²) >= 11 is 0. The summed E-state index contributed by atoms with van der Waals surface area (Å²) in [5, 5.41) is 0. The highest BCUT2D eigenvalue weighted by molar-refractivity contribution is 7.85. The van der Waals surface area contributed by atoms with E-state index in [4.69, 9.17) is 0 Å². The summed E-state index contributed by atoms with van der Waals surface area (Å²) in [7, 11) is 0.280. The highest BCUT2D eigenvalue weighted by atomic mass is 31.1. The van der Waals surface area contributed by atoms with Gasteiger partial charge in [-0.3, -0.25) is 0 Å². The van der Waals surface area contributed by atoms with Crippen molar-refractivity contribution in [3.05, 3.63) is 11.5 Å². The van der Waals surface area contributed by atoms with Crippen LogP contribution in [0.5, 0.6) is 0 Å². The molecule has 0 aromatic rings. The monoisotopic (exact) mass is 142 g/mol. The molecule has 0 nitrogen and oxygen atoms in total. The average Bonchev–Trinajstić information content (AvgIpc) is 1.82. The van der Waals surface area contributed by atoms with Gasteiger partial charge in [-0.1, -0.05) is 26.3 Å². The molecule has 0 aliphatic carbocycles. The highest BCUT2D eigenvalue weighted by Gasteiger charge is 1.98. The maximum Gasteiger partial charge on any atom is 0.180 e. The normalized spacial score (nSPS) is 12.3. The molecule has 0 N–H and O–H groups in total. The van der Waals surface area contributed by atoms with Gasteiger partial charge in [-0.05, 0) is 13.3 Å². The third-order valence-corrected chi connectivity index (χ3v) is 2.42. The molecule has 0 aliphatic heterocycles. The van der Waals surface area contributed by atoms with Crippen LogP contribution >= 0.6 is 7.80 Å². The Balaban J connectivity index is 3.58. The van der Waals surface area contributed by atoms with E-state index in [1.165, 1.54) is 13.4 Å². The van der Waals surface area contributed by atoms with Gasteiger partial charge in [0.05, 0.1) is 0 Å². The van der Waals surface area contributed by atoms with Crippen molar-refractivity contribution in [3.8, 4) is 0 Å². The molecule has 0 aliphatic rings. The summed E-state index contributed by atoms with van der Waals surface area (Å²) in [6.45, 7) is 10.4. The van der Waals surface area contributed by atoms with E-state index in [-0.39, 0.29) is 7.80 Å². The van der Waals surface area contributed by atoms with Crippen LogP contribution in [0.3, 0.4) is 0 Å². The van der Waals surface area contributed by atoms with Gasteiger partial charge in [-0.15, -0.1) is 13.3 Å². The zero-order valence-corrected chi connectivity index (χ0v) is 7.83. The first-order valence-corrected chi connectivity index (χ1v) is 5.91. The Labute approximate surface area is 60.7 Å². The topological polar surface area (TPSA) is 0 Å². The van der Waals surface area contributed by atoms with Crippen LogP contribution in [-0.2, 0) is 0 Å². The molecule has 0 heterocycles. The van der Waals surface area contributed by atoms with E-state index in [0.717, 1.165) is 0 Å². The number of allylic oxidation sites excluding steroid dienone is 2. The lowest BCUT2D eigenvalue weighted by molar-refractivity contribution is 1.18. The molecule has 52 valence electrons. The number of hydrogen-bond donors (Lipinski definition) is 0. The lowest BCUT2D eigenvalue weighted by atomic mass is 9.91. The minimum atomic E-state index is 0.280. The molecule has 2 heteroatoms. The van der Waals surface area contributed by atoms with Crippen LogP contribution in [0.2, 0.25) is 0 Å². The highest BCUT2D eigenvalue weighted by Crippen LogP contribution is 2.25. The van der Waals surface area contributed by atoms with Crippen molar-refractivity contribution < 1.29 is 0 Å². The molecule has 0 saturated heterocycles. The molecule has 0 unspecified atom stereocenters. The van der Waals surface area contributed by atoms with E-state index < -0.39 is 0 Å². The van der Waals surface area contributed by atoms with Gasteiger partial charge in [-0.25, -0.2) is 0 Å². The third-order valence-electron chi connectivity index (χ3n) is 1.38. The zero-order chi connectivity index (χ0) is 7.28. The summed E-state index contributed by atoms with van der Waals surface area (Å²) in [5.74, 6) is 0. The van der Waals surface area contributed by atoms with E-state index >= 15 is 0 Å². The van der Waals surface area contributed by atoms with Crippen molar-refractivity contribution in [2.45, 2.75) is 20.3 Å². The zero-order valence-electron chi connectivity index (χ0n) is 6.94. The fourth-order valence-corrected chi connectivity index (χ4v) is 2.03. The SMILES string of the molecule is C/C=C(/BP(C)C)CC. The largest absolute Gasteiger partial charge is 0.180 e. The number of rotatable bonds is 3. The van der Waals surface area contributed by atoms with Gasteiger partial charge in [0.2, 0.25) is 0 Å². The van der Waals surface area contributed by atoms with Crippen molar-refractivity contribution >= 4 is 14.8 Å². The lowest BCUT2D eigenvalue weighted by Gasteiger charge is -2.04. The smallest absolute Gasteiger partial charge is 0.145 e. The maximum absolute atomic E-state index is 2.33. The molecule has 0 radical (unpaired) electrons. The van der Waals surface area contributed by atoms with E-state index in [1.807, 2.05) is 0 Å². The van der Waals surface area contributed by atoms with Crippen molar-refractivity contribution in [1.82, 2.24) is 0 Å². The van der Waals surface area contributed by atoms with Crippen molar-refractivity contribution in [3.63, 3.8) is 0 Å². The predicted molar refractivity (Wildman–Crippen MR) is 50.0 cm³/mol. The second-order valence-electron chi connectivity index (χ2n) is 2.54. The summed E-state index contributed by atoms with van der Waals surface area (Å²) in [6.07, 6.45) is 3.49. The van der Waals surface area contributed by atoms with Crippen LogP contribution in [0.15, 0.2) is 11.5 Å². The first kappa shape index (κ1) is 9.23. The molecule has 0 atom stereocenters. The molecule has 0 aromatic heterocycles. The molecular weight excluding hydrogens is 126 g/mol. The molecule has 0 saturated carbocycles. The predicted octanol–water partition coefficient (Wildman–Crippen LogP) is 2.39. The van der Waals surface area contributed by atoms with Crippen LogP contribution < -0.4 is 0 Å². The third kappa shape index (κ3) is 4.72. The Kier molecular flexibility index (Phi) is 5.19. The standard InChI is InChI=1S/C7H16BP/c1-5-7(6-2)8-9(3)4/h5,8H,6H2,1-4H3/b7-5+. The van der Waals surface area contributed by atoms with Gasteiger partial charge in [0, 0.05) is 0 Å². The van der Waals surface area contributed by atoms with Crippen LogP contribution in [-0.4, -0.2) is 20.3 Å². The Morgan fingerprint density at radius 2 is 2.11 bits per heavy atom. The Morgan fingerprint density at radius 1 is 1.56 bits per heavy atom. The second-order valence-corrected chi connectivity index (χ2v) is 5.01. The average molecular weight is 142 g/mol. The van der Waals surface area contributed by atoms with Gasteiger partial charge < -0.3 is 0 Å². The van der Waals surface area contributed by atoms with Crippen LogP contribution in [0.1, 0.15) is 20.3 Å². The molecule has 0 fully saturated rings. The number of hydrogen-bond acceptors (Lipinski definition) is 0. The summed E-state index contributed by atoms with van der Waals surface area (Å²) in [4.78, 5) is 0. The summed E-state index contributed by atoms with van der Waals surface area (Å²) in [5.41, 5.74) is 1.62. The molecule has 0 aromatic carbocycles. The van der Waals surface area contributed by atoms with Gasteiger partial charge in [0.25, 0.3) is 0 Å². The lowest BCUT2D eigenvalue weighted by Crippen LogP contribution is -1.91. The Morgan fingerprint density at radius 3 is 2.22 bits per heavy atom. The molecular formula is C7H16BP. The quantitative estimate of drug-likeness (QED) is 0.419. The van der Waals surface area contributed by atoms with Crippen LogP contribution in [0.4, 0.5) is 0 Å². The van der Waals surface area contributed by atoms with E-state index in [2.05, 4.69) is 33.3 Å². The van der Waals surface area contributed by atoms with E-state index in [0.29, 0.717) is 0 Å². The molecule has 0 rings (SSSR count). The molecule has 0 amide bonds. The minimum Gasteiger partial charge on any atom is -0.145 e. The van der Waals surface area contributed by atoms with E-state index in [1.54, 1.807) is 5.47 Å². The van der Waals surface area contributed by atoms with Crippen LogP contribution in [0.25, 0.3) is 0 Å². The summed E-state index contributed by atoms with van der Waals surface area (Å²) < 4.78 is 0. The molecule has 0 bridgehead atoms. The van der Waals surface area contributed by atoms with Crippen molar-refractivity contribution in [2.24, 2.45) is 0 Å². The van der Waals surface area contributed by atoms with Gasteiger partial charge >= 0.3 is 0 Å². The van der Waals surface area contributed by atoms with Crippen molar-refractivity contribution in [1.29, 1.82) is 0 Å². The Hall–Kier alpha value is 0.235. The second kappa shape index (κ2) is 5.05. The fourth-order valence-electron chi connectivity index (χ4n) is 0.813. The van der Waals surface area contributed by atoms with Gasteiger partial charge in [0.15, 0.2) is 7.00 Å². The maximum atomic E-state index is 2.33. The van der Waals surface area contributed by atoms with Gasteiger partial charge in [0.1, 0.15) is 0 Å². The molecule has 9 heavy (non-hydrogen) atoms. The first-order chi connectivity index (χ1) is 4.20. The van der Waals surface area contributed by atoms with Gasteiger partial charge in [-0.2, -0.15) is 0 Å². The van der Waals surface area contributed by atoms with Crippen molar-refractivity contribution in [2.75, 3.05) is 13.3 Å². The fraction of sp³-hybridized carbons (Fsp3) is 0.714. The van der Waals surface area contributed by atoms with E-state index in [9.17, 15) is 0 Å². The minimum absolute atomic E-state index is 0.280. The summed E-state index contributed by atoms with van der Waals surface area (Å²) in [6, 6.07) is 0. The molecule has 0 spiro atoms. The first-order valence-electron chi connectivity index (χ1n) is 3.49. The Bertz CT molecular complexity index is 97.1. The van der Waals surface area contributed by atoms with Crippen LogP contribution in [0, 0.1) is 0 Å².